The van der Waals surface area contributed by atoms with Gasteiger partial charge in [0.2, 0.25) is 5.91 Å². The number of carboxylic acids is 1. The summed E-state index contributed by atoms with van der Waals surface area (Å²) in [5, 5.41) is 14.0. The summed E-state index contributed by atoms with van der Waals surface area (Å²) in [6.07, 6.45) is -0.325. The molecule has 0 aliphatic carbocycles. The molecular formula is C29H35N4O13P. The van der Waals surface area contributed by atoms with E-state index in [1.807, 2.05) is 11.4 Å². The summed E-state index contributed by atoms with van der Waals surface area (Å²) in [6.45, 7) is 6.04. The molecule has 2 amide bonds. The van der Waals surface area contributed by atoms with Gasteiger partial charge in [0.25, 0.3) is 0 Å². The van der Waals surface area contributed by atoms with Crippen molar-refractivity contribution < 1.29 is 56.6 Å². The second-order valence-corrected chi connectivity index (χ2v) is 11.4. The number of ether oxygens (including phenoxy) is 3. The number of alkyl carbamates (subject to hydrolysis) is 1. The first kappa shape index (κ1) is 36.8. The van der Waals surface area contributed by atoms with Crippen LogP contribution in [-0.2, 0) is 53.2 Å². The Hall–Kier alpha value is -4.67. The lowest BCUT2D eigenvalue weighted by atomic mass is 10.1. The van der Waals surface area contributed by atoms with Crippen molar-refractivity contribution in [2.45, 2.75) is 44.2 Å². The van der Waals surface area contributed by atoms with Crippen molar-refractivity contribution in [3.05, 3.63) is 84.0 Å². The molecule has 1 saturated heterocycles. The Bertz CT molecular complexity index is 1530. The first-order valence-corrected chi connectivity index (χ1v) is 15.6. The van der Waals surface area contributed by atoms with Gasteiger partial charge in [0, 0.05) is 19.5 Å². The van der Waals surface area contributed by atoms with Crippen LogP contribution in [0.2, 0.25) is 0 Å². The molecular weight excluding hydrogens is 643 g/mol. The van der Waals surface area contributed by atoms with Gasteiger partial charge in [0.15, 0.2) is 6.04 Å². The van der Waals surface area contributed by atoms with E-state index in [9.17, 15) is 33.6 Å². The zero-order valence-corrected chi connectivity index (χ0v) is 26.2. The molecule has 17 nitrogen and oxygen atoms in total. The molecule has 0 saturated carbocycles. The Morgan fingerprint density at radius 1 is 1.13 bits per heavy atom. The third-order valence-corrected chi connectivity index (χ3v) is 7.58. The minimum atomic E-state index is -4.54. The molecule has 3 rings (SSSR count). The zero-order chi connectivity index (χ0) is 34.4. The highest BCUT2D eigenvalue weighted by molar-refractivity contribution is 7.48. The third kappa shape index (κ3) is 11.9. The lowest BCUT2D eigenvalue weighted by Gasteiger charge is -2.23. The Morgan fingerprint density at radius 2 is 1.85 bits per heavy atom. The van der Waals surface area contributed by atoms with Crippen LogP contribution in [0.3, 0.4) is 0 Å². The van der Waals surface area contributed by atoms with Crippen molar-refractivity contribution in [2.75, 3.05) is 31.7 Å². The lowest BCUT2D eigenvalue weighted by Crippen LogP contribution is -2.44. The number of carbonyl (C=O) groups is 4. The van der Waals surface area contributed by atoms with Crippen LogP contribution in [-0.4, -0.2) is 83.3 Å². The average molecular weight is 679 g/mol. The van der Waals surface area contributed by atoms with Crippen LogP contribution < -0.4 is 16.3 Å². The van der Waals surface area contributed by atoms with Gasteiger partial charge >= 0.3 is 31.5 Å². The molecule has 0 radical (unpaired) electrons. The van der Waals surface area contributed by atoms with E-state index in [0.29, 0.717) is 0 Å². The molecule has 1 aromatic heterocycles. The van der Waals surface area contributed by atoms with Crippen LogP contribution in [0.25, 0.3) is 0 Å². The Morgan fingerprint density at radius 3 is 2.49 bits per heavy atom. The van der Waals surface area contributed by atoms with E-state index in [1.165, 1.54) is 24.4 Å². The number of carboxylic acid groups (broad SMARTS) is 1. The van der Waals surface area contributed by atoms with Gasteiger partial charge in [-0.15, -0.1) is 6.58 Å². The molecule has 1 aliphatic rings. The van der Waals surface area contributed by atoms with E-state index >= 15 is 0 Å². The van der Waals surface area contributed by atoms with E-state index in [0.717, 1.165) is 17.1 Å². The Labute approximate surface area is 269 Å². The molecule has 1 fully saturated rings. The van der Waals surface area contributed by atoms with E-state index in [-0.39, 0.29) is 37.8 Å². The fraction of sp³-hybridized carbons (Fsp3) is 0.379. The summed E-state index contributed by atoms with van der Waals surface area (Å²) in [4.78, 5) is 64.4. The lowest BCUT2D eigenvalue weighted by molar-refractivity contribution is -0.150. The molecule has 254 valence electrons. The summed E-state index contributed by atoms with van der Waals surface area (Å²) >= 11 is 0. The zero-order valence-electron chi connectivity index (χ0n) is 25.4. The smallest absolute Gasteiger partial charge is 0.475 e. The number of nitrogens with zero attached hydrogens (tertiary/aromatic N) is 2. The standard InChI is InChI=1S/C29H35N4O13P/c1-4-13-41-29(39)30-21(27(36)37)17-43-47(40,42-14-5-2)44-18-23-22(45-19(3)34)16-26(46-23)33-12-11-24(32-28(33)38)31-25(35)15-20-9-7-6-8-10-20/h4-12,21-23,26H,1-2,13-18H2,3H3,(H,30,39)(H,36,37)(H,31,32,35,38)/t21-,22-,23+,26+,47?/m0/s1. The van der Waals surface area contributed by atoms with Crippen molar-refractivity contribution in [3.8, 4) is 0 Å². The molecule has 1 aliphatic heterocycles. The molecule has 47 heavy (non-hydrogen) atoms. The molecule has 5 atom stereocenters. The monoisotopic (exact) mass is 678 g/mol. The van der Waals surface area contributed by atoms with Gasteiger partial charge in [0.1, 0.15) is 30.9 Å². The van der Waals surface area contributed by atoms with Crippen molar-refractivity contribution in [1.29, 1.82) is 0 Å². The molecule has 18 heteroatoms. The predicted octanol–water partition coefficient (Wildman–Crippen LogP) is 2.35. The van der Waals surface area contributed by atoms with Crippen molar-refractivity contribution in [3.63, 3.8) is 0 Å². The molecule has 0 spiro atoms. The van der Waals surface area contributed by atoms with Gasteiger partial charge < -0.3 is 30.0 Å². The number of nitrogens with one attached hydrogen (secondary N) is 2. The number of rotatable bonds is 18. The highest BCUT2D eigenvalue weighted by atomic mass is 31.2. The number of aromatic nitrogens is 2. The second-order valence-electron chi connectivity index (χ2n) is 9.77. The van der Waals surface area contributed by atoms with Crippen molar-refractivity contribution >= 4 is 37.6 Å². The number of hydrogen-bond donors (Lipinski definition) is 3. The van der Waals surface area contributed by atoms with Gasteiger partial charge in [-0.2, -0.15) is 4.98 Å². The highest BCUT2D eigenvalue weighted by Crippen LogP contribution is 2.50. The SMILES string of the molecule is C=CCOC(=O)N[C@@H](COP(=O)(OCC=C)OC[C@H]1O[C@@H](n2ccc(NC(=O)Cc3ccccc3)nc2=O)C[C@@H]1OC(C)=O)C(=O)O. The maximum absolute atomic E-state index is 13.4. The minimum absolute atomic E-state index is 0.0159. The quantitative estimate of drug-likeness (QED) is 0.117. The van der Waals surface area contributed by atoms with E-state index in [2.05, 4.69) is 23.5 Å². The minimum Gasteiger partial charge on any atom is -0.480 e. The summed E-state index contributed by atoms with van der Waals surface area (Å²) in [5.41, 5.74) is -0.00700. The maximum Gasteiger partial charge on any atom is 0.475 e. The van der Waals surface area contributed by atoms with Gasteiger partial charge in [0.05, 0.1) is 26.2 Å². The molecule has 3 N–H and O–H groups in total. The van der Waals surface area contributed by atoms with Crippen LogP contribution in [0.1, 0.15) is 25.1 Å². The van der Waals surface area contributed by atoms with Gasteiger partial charge in [-0.25, -0.2) is 18.9 Å². The molecule has 0 bridgehead atoms. The van der Waals surface area contributed by atoms with E-state index in [1.54, 1.807) is 24.3 Å². The maximum atomic E-state index is 13.4. The van der Waals surface area contributed by atoms with Crippen LogP contribution in [0.4, 0.5) is 10.6 Å². The van der Waals surface area contributed by atoms with Crippen LogP contribution in [0, 0.1) is 0 Å². The van der Waals surface area contributed by atoms with Gasteiger partial charge in [-0.3, -0.25) is 27.7 Å². The number of hydrogen-bond acceptors (Lipinski definition) is 13. The fourth-order valence-electron chi connectivity index (χ4n) is 4.11. The van der Waals surface area contributed by atoms with Crippen LogP contribution in [0.5, 0.6) is 0 Å². The molecule has 2 heterocycles. The number of phosphoric ester groups is 1. The number of esters is 1. The number of phosphoric acid groups is 1. The normalized spacial score (nSPS) is 19.0. The first-order valence-electron chi connectivity index (χ1n) is 14.1. The predicted molar refractivity (Wildman–Crippen MR) is 163 cm³/mol. The Balaban J connectivity index is 1.68. The molecule has 1 unspecified atom stereocenters. The summed E-state index contributed by atoms with van der Waals surface area (Å²) in [6, 6.07) is 8.67. The largest absolute Gasteiger partial charge is 0.480 e. The third-order valence-electron chi connectivity index (χ3n) is 6.18. The van der Waals surface area contributed by atoms with Gasteiger partial charge in [-0.05, 0) is 11.6 Å². The van der Waals surface area contributed by atoms with Crippen LogP contribution >= 0.6 is 7.82 Å². The van der Waals surface area contributed by atoms with E-state index < -0.39 is 69.2 Å². The highest BCUT2D eigenvalue weighted by Gasteiger charge is 2.41. The number of amides is 2. The second kappa shape index (κ2) is 17.9. The Kier molecular flexibility index (Phi) is 14.0. The van der Waals surface area contributed by atoms with Crippen molar-refractivity contribution in [1.82, 2.24) is 14.9 Å². The first-order chi connectivity index (χ1) is 22.4. The van der Waals surface area contributed by atoms with Crippen LogP contribution in [0.15, 0.2) is 72.7 Å². The van der Waals surface area contributed by atoms with E-state index in [4.69, 9.17) is 27.8 Å². The summed E-state index contributed by atoms with van der Waals surface area (Å²) < 4.78 is 46.1. The molecule has 2 aromatic rings. The number of benzene rings is 1. The number of anilines is 1. The molecule has 1 aromatic carbocycles. The summed E-state index contributed by atoms with van der Waals surface area (Å²) in [7, 11) is -4.54. The number of aliphatic carboxylic acids is 1. The van der Waals surface area contributed by atoms with Crippen molar-refractivity contribution in [2.24, 2.45) is 0 Å². The summed E-state index contributed by atoms with van der Waals surface area (Å²) in [5.74, 6) is -2.57. The average Bonchev–Trinajstić information content (AvgIpc) is 3.41. The fourth-order valence-corrected chi connectivity index (χ4v) is 5.28. The number of carbonyl (C=O) groups excluding carboxylic acids is 3. The topological polar surface area (TPSA) is 220 Å². The van der Waals surface area contributed by atoms with Gasteiger partial charge in [-0.1, -0.05) is 49.1 Å².